The van der Waals surface area contributed by atoms with Crippen molar-refractivity contribution in [3.8, 4) is 11.1 Å². The van der Waals surface area contributed by atoms with Gasteiger partial charge in [-0.3, -0.25) is 9.97 Å². The lowest BCUT2D eigenvalue weighted by atomic mass is 10.0. The highest BCUT2D eigenvalue weighted by Gasteiger charge is 2.13. The zero-order chi connectivity index (χ0) is 12.1. The van der Waals surface area contributed by atoms with E-state index in [9.17, 15) is 4.79 Å². The Bertz CT molecular complexity index is 512. The van der Waals surface area contributed by atoms with E-state index >= 15 is 0 Å². The maximum absolute atomic E-state index is 11.8. The number of esters is 1. The fourth-order valence-electron chi connectivity index (χ4n) is 1.53. The molecule has 0 aliphatic carbocycles. The molecule has 0 spiro atoms. The molecule has 86 valence electrons. The van der Waals surface area contributed by atoms with E-state index in [1.54, 1.807) is 37.8 Å². The zero-order valence-corrected chi connectivity index (χ0v) is 9.46. The Morgan fingerprint density at radius 2 is 2.06 bits per heavy atom. The van der Waals surface area contributed by atoms with Crippen molar-refractivity contribution in [3.05, 3.63) is 48.5 Å². The van der Waals surface area contributed by atoms with E-state index in [4.69, 9.17) is 4.74 Å². The standard InChI is InChI=1S/C13H12N2O2/c1-2-17-13(16)11-5-7-15-9-12(11)10-4-3-6-14-8-10/h3-9H,2H2,1H3. The molecular weight excluding hydrogens is 216 g/mol. The molecular formula is C13H12N2O2. The lowest BCUT2D eigenvalue weighted by Gasteiger charge is -2.07. The molecule has 0 aromatic carbocycles. The number of ether oxygens (including phenoxy) is 1. The molecule has 0 N–H and O–H groups in total. The Kier molecular flexibility index (Phi) is 3.45. The average Bonchev–Trinajstić information content (AvgIpc) is 2.40. The monoisotopic (exact) mass is 228 g/mol. The third-order valence-electron chi connectivity index (χ3n) is 2.29. The van der Waals surface area contributed by atoms with Crippen molar-refractivity contribution in [3.63, 3.8) is 0 Å². The van der Waals surface area contributed by atoms with Gasteiger partial charge in [-0.2, -0.15) is 0 Å². The van der Waals surface area contributed by atoms with Crippen molar-refractivity contribution in [1.29, 1.82) is 0 Å². The second-order valence-corrected chi connectivity index (χ2v) is 3.38. The van der Waals surface area contributed by atoms with E-state index in [0.29, 0.717) is 12.2 Å². The first-order valence-corrected chi connectivity index (χ1v) is 5.34. The highest BCUT2D eigenvalue weighted by atomic mass is 16.5. The van der Waals surface area contributed by atoms with Crippen LogP contribution in [0.2, 0.25) is 0 Å². The predicted molar refractivity (Wildman–Crippen MR) is 63.4 cm³/mol. The topological polar surface area (TPSA) is 52.1 Å². The molecule has 4 heteroatoms. The number of nitrogens with zero attached hydrogens (tertiary/aromatic N) is 2. The number of pyridine rings is 2. The summed E-state index contributed by atoms with van der Waals surface area (Å²) < 4.78 is 5.00. The van der Waals surface area contributed by atoms with Gasteiger partial charge in [-0.25, -0.2) is 4.79 Å². The first-order valence-electron chi connectivity index (χ1n) is 5.34. The minimum Gasteiger partial charge on any atom is -0.462 e. The second-order valence-electron chi connectivity index (χ2n) is 3.38. The van der Waals surface area contributed by atoms with Crippen molar-refractivity contribution in [2.45, 2.75) is 6.92 Å². The third kappa shape index (κ3) is 2.47. The van der Waals surface area contributed by atoms with E-state index in [0.717, 1.165) is 11.1 Å². The molecule has 4 nitrogen and oxygen atoms in total. The Hall–Kier alpha value is -2.23. The first-order chi connectivity index (χ1) is 8.33. The fraction of sp³-hybridized carbons (Fsp3) is 0.154. The van der Waals surface area contributed by atoms with Gasteiger partial charge in [-0.1, -0.05) is 6.07 Å². The van der Waals surface area contributed by atoms with Crippen molar-refractivity contribution >= 4 is 5.97 Å². The van der Waals surface area contributed by atoms with Crippen molar-refractivity contribution in [1.82, 2.24) is 9.97 Å². The van der Waals surface area contributed by atoms with E-state index in [-0.39, 0.29) is 5.97 Å². The van der Waals surface area contributed by atoms with E-state index in [2.05, 4.69) is 9.97 Å². The highest BCUT2D eigenvalue weighted by molar-refractivity contribution is 5.96. The Morgan fingerprint density at radius 3 is 2.76 bits per heavy atom. The molecule has 2 rings (SSSR count). The van der Waals surface area contributed by atoms with Gasteiger partial charge in [0, 0.05) is 35.9 Å². The molecule has 0 radical (unpaired) electrons. The Labute approximate surface area is 99.3 Å². The van der Waals surface area contributed by atoms with Crippen molar-refractivity contribution in [2.75, 3.05) is 6.61 Å². The van der Waals surface area contributed by atoms with Crippen LogP contribution in [0, 0.1) is 0 Å². The fourth-order valence-corrected chi connectivity index (χ4v) is 1.53. The number of hydrogen-bond acceptors (Lipinski definition) is 4. The summed E-state index contributed by atoms with van der Waals surface area (Å²) in [6.45, 7) is 2.14. The summed E-state index contributed by atoms with van der Waals surface area (Å²) in [4.78, 5) is 19.8. The van der Waals surface area contributed by atoms with Gasteiger partial charge in [0.1, 0.15) is 0 Å². The molecule has 0 bridgehead atoms. The van der Waals surface area contributed by atoms with E-state index in [1.165, 1.54) is 0 Å². The highest BCUT2D eigenvalue weighted by Crippen LogP contribution is 2.22. The second kappa shape index (κ2) is 5.21. The molecule has 0 saturated heterocycles. The van der Waals surface area contributed by atoms with Gasteiger partial charge in [-0.15, -0.1) is 0 Å². The summed E-state index contributed by atoms with van der Waals surface area (Å²) in [7, 11) is 0. The number of rotatable bonds is 3. The summed E-state index contributed by atoms with van der Waals surface area (Å²) in [5.74, 6) is -0.339. The first kappa shape index (κ1) is 11.3. The molecule has 0 aliphatic heterocycles. The number of hydrogen-bond donors (Lipinski definition) is 0. The Balaban J connectivity index is 2.45. The van der Waals surface area contributed by atoms with Gasteiger partial charge in [0.25, 0.3) is 0 Å². The van der Waals surface area contributed by atoms with Gasteiger partial charge in [0.05, 0.1) is 12.2 Å². The molecule has 0 amide bonds. The van der Waals surface area contributed by atoms with Gasteiger partial charge in [0.15, 0.2) is 0 Å². The van der Waals surface area contributed by atoms with Crippen LogP contribution in [0.3, 0.4) is 0 Å². The lowest BCUT2D eigenvalue weighted by Crippen LogP contribution is -2.06. The molecule has 0 fully saturated rings. The SMILES string of the molecule is CCOC(=O)c1ccncc1-c1cccnc1. The molecule has 2 heterocycles. The smallest absolute Gasteiger partial charge is 0.338 e. The predicted octanol–water partition coefficient (Wildman–Crippen LogP) is 2.32. The number of carbonyl (C=O) groups excluding carboxylic acids is 1. The van der Waals surface area contributed by atoms with Crippen LogP contribution in [0.25, 0.3) is 11.1 Å². The maximum Gasteiger partial charge on any atom is 0.338 e. The van der Waals surface area contributed by atoms with Gasteiger partial charge < -0.3 is 4.74 Å². The van der Waals surface area contributed by atoms with Crippen molar-refractivity contribution in [2.24, 2.45) is 0 Å². The van der Waals surface area contributed by atoms with Crippen molar-refractivity contribution < 1.29 is 9.53 Å². The van der Waals surface area contributed by atoms with Gasteiger partial charge >= 0.3 is 5.97 Å². The third-order valence-corrected chi connectivity index (χ3v) is 2.29. The minimum atomic E-state index is -0.339. The van der Waals surface area contributed by atoms with Crippen LogP contribution in [0.5, 0.6) is 0 Å². The maximum atomic E-state index is 11.8. The molecule has 2 aromatic heterocycles. The van der Waals surface area contributed by atoms with E-state index in [1.807, 2.05) is 12.1 Å². The van der Waals surface area contributed by atoms with Crippen LogP contribution < -0.4 is 0 Å². The molecule has 0 saturated carbocycles. The zero-order valence-electron chi connectivity index (χ0n) is 9.46. The van der Waals surface area contributed by atoms with Crippen LogP contribution in [-0.4, -0.2) is 22.5 Å². The largest absolute Gasteiger partial charge is 0.462 e. The summed E-state index contributed by atoms with van der Waals surface area (Å²) in [6, 6.07) is 5.35. The molecule has 17 heavy (non-hydrogen) atoms. The molecule has 0 aliphatic rings. The normalized spacial score (nSPS) is 9.94. The summed E-state index contributed by atoms with van der Waals surface area (Å²) in [5.41, 5.74) is 2.09. The van der Waals surface area contributed by atoms with Gasteiger partial charge in [0.2, 0.25) is 0 Å². The summed E-state index contributed by atoms with van der Waals surface area (Å²) >= 11 is 0. The number of aromatic nitrogens is 2. The van der Waals surface area contributed by atoms with Crippen LogP contribution >= 0.6 is 0 Å². The number of carbonyl (C=O) groups is 1. The van der Waals surface area contributed by atoms with Crippen LogP contribution in [0.15, 0.2) is 43.0 Å². The quantitative estimate of drug-likeness (QED) is 0.756. The van der Waals surface area contributed by atoms with Crippen LogP contribution in [-0.2, 0) is 4.74 Å². The summed E-state index contributed by atoms with van der Waals surface area (Å²) in [6.07, 6.45) is 6.60. The van der Waals surface area contributed by atoms with Crippen LogP contribution in [0.4, 0.5) is 0 Å². The molecule has 0 atom stereocenters. The summed E-state index contributed by atoms with van der Waals surface area (Å²) in [5, 5.41) is 0. The van der Waals surface area contributed by atoms with E-state index < -0.39 is 0 Å². The molecule has 0 unspecified atom stereocenters. The minimum absolute atomic E-state index is 0.339. The lowest BCUT2D eigenvalue weighted by molar-refractivity contribution is 0.0527. The Morgan fingerprint density at radius 1 is 1.24 bits per heavy atom. The van der Waals surface area contributed by atoms with Gasteiger partial charge in [-0.05, 0) is 19.1 Å². The van der Waals surface area contributed by atoms with Crippen LogP contribution in [0.1, 0.15) is 17.3 Å². The molecule has 2 aromatic rings. The average molecular weight is 228 g/mol.